The first-order valence-corrected chi connectivity index (χ1v) is 9.84. The molecule has 2 heterocycles. The molecule has 8 heteroatoms. The summed E-state index contributed by atoms with van der Waals surface area (Å²) in [6, 6.07) is 6.39. The molecule has 124 valence electrons. The number of hydrogen-bond acceptors (Lipinski definition) is 6. The molecular formula is C15H19N3O3S2. The summed E-state index contributed by atoms with van der Waals surface area (Å²) in [7, 11) is -3.52. The molecule has 0 amide bonds. The van der Waals surface area contributed by atoms with E-state index in [0.717, 1.165) is 18.1 Å². The standard InChI is InChI=1S/C15H19N3O3S2/c1-2-21-13-3-5-14(6-4-13)23(19,20)17-12-7-9-18(11-12)15-16-8-10-22-15/h3-6,8,10,12,17H,2,7,9,11H2,1H3. The van der Waals surface area contributed by atoms with Gasteiger partial charge < -0.3 is 9.64 Å². The number of nitrogens with one attached hydrogen (secondary N) is 1. The number of nitrogens with zero attached hydrogens (tertiary/aromatic N) is 2. The highest BCUT2D eigenvalue weighted by atomic mass is 32.2. The van der Waals surface area contributed by atoms with Gasteiger partial charge in [-0.1, -0.05) is 0 Å². The Labute approximate surface area is 140 Å². The highest BCUT2D eigenvalue weighted by Crippen LogP contribution is 2.23. The third-order valence-corrected chi connectivity index (χ3v) is 6.01. The van der Waals surface area contributed by atoms with Gasteiger partial charge in [-0.15, -0.1) is 11.3 Å². The smallest absolute Gasteiger partial charge is 0.240 e. The van der Waals surface area contributed by atoms with E-state index in [-0.39, 0.29) is 10.9 Å². The molecule has 1 N–H and O–H groups in total. The zero-order chi connectivity index (χ0) is 16.3. The van der Waals surface area contributed by atoms with Crippen LogP contribution in [-0.4, -0.2) is 39.1 Å². The number of ether oxygens (including phenoxy) is 1. The van der Waals surface area contributed by atoms with Gasteiger partial charge in [-0.2, -0.15) is 0 Å². The summed E-state index contributed by atoms with van der Waals surface area (Å²) in [5.74, 6) is 0.669. The maximum Gasteiger partial charge on any atom is 0.240 e. The molecule has 0 spiro atoms. The van der Waals surface area contributed by atoms with E-state index in [1.54, 1.807) is 41.8 Å². The Bertz CT molecular complexity index is 730. The van der Waals surface area contributed by atoms with Gasteiger partial charge in [0.2, 0.25) is 10.0 Å². The minimum Gasteiger partial charge on any atom is -0.494 e. The first-order valence-electron chi connectivity index (χ1n) is 7.48. The van der Waals surface area contributed by atoms with Crippen LogP contribution in [0.15, 0.2) is 40.7 Å². The summed E-state index contributed by atoms with van der Waals surface area (Å²) in [5.41, 5.74) is 0. The molecule has 1 aliphatic rings. The third-order valence-electron chi connectivity index (χ3n) is 3.64. The summed E-state index contributed by atoms with van der Waals surface area (Å²) in [6.45, 7) is 3.90. The van der Waals surface area contributed by atoms with E-state index in [2.05, 4.69) is 14.6 Å². The lowest BCUT2D eigenvalue weighted by atomic mass is 10.3. The molecule has 1 unspecified atom stereocenters. The van der Waals surface area contributed by atoms with Gasteiger partial charge in [-0.05, 0) is 37.6 Å². The molecule has 6 nitrogen and oxygen atoms in total. The topological polar surface area (TPSA) is 71.5 Å². The maximum absolute atomic E-state index is 12.5. The van der Waals surface area contributed by atoms with Gasteiger partial charge in [-0.3, -0.25) is 0 Å². The Morgan fingerprint density at radius 2 is 2.17 bits per heavy atom. The van der Waals surface area contributed by atoms with Crippen molar-refractivity contribution < 1.29 is 13.2 Å². The summed E-state index contributed by atoms with van der Waals surface area (Å²) >= 11 is 1.57. The van der Waals surface area contributed by atoms with Crippen LogP contribution >= 0.6 is 11.3 Å². The summed E-state index contributed by atoms with van der Waals surface area (Å²) in [4.78, 5) is 6.63. The number of hydrogen-bond donors (Lipinski definition) is 1. The average Bonchev–Trinajstić information content (AvgIpc) is 3.19. The van der Waals surface area contributed by atoms with E-state index in [0.29, 0.717) is 18.9 Å². The minimum absolute atomic E-state index is 0.101. The fourth-order valence-electron chi connectivity index (χ4n) is 2.57. The van der Waals surface area contributed by atoms with Crippen LogP contribution in [0, 0.1) is 0 Å². The lowest BCUT2D eigenvalue weighted by Crippen LogP contribution is -2.37. The van der Waals surface area contributed by atoms with E-state index in [9.17, 15) is 8.42 Å². The molecule has 1 atom stereocenters. The van der Waals surface area contributed by atoms with Crippen molar-refractivity contribution in [1.29, 1.82) is 0 Å². The van der Waals surface area contributed by atoms with Crippen LogP contribution in [0.4, 0.5) is 5.13 Å². The van der Waals surface area contributed by atoms with E-state index in [4.69, 9.17) is 4.74 Å². The molecular weight excluding hydrogens is 334 g/mol. The van der Waals surface area contributed by atoms with Crippen molar-refractivity contribution in [3.8, 4) is 5.75 Å². The van der Waals surface area contributed by atoms with Crippen LogP contribution < -0.4 is 14.4 Å². The fraction of sp³-hybridized carbons (Fsp3) is 0.400. The Hall–Kier alpha value is -1.64. The predicted octanol–water partition coefficient (Wildman–Crippen LogP) is 2.10. The molecule has 0 radical (unpaired) electrons. The quantitative estimate of drug-likeness (QED) is 0.861. The van der Waals surface area contributed by atoms with Gasteiger partial charge in [0.25, 0.3) is 0 Å². The molecule has 2 aromatic rings. The monoisotopic (exact) mass is 353 g/mol. The lowest BCUT2D eigenvalue weighted by molar-refractivity contribution is 0.340. The number of sulfonamides is 1. The zero-order valence-corrected chi connectivity index (χ0v) is 14.4. The molecule has 1 aromatic heterocycles. The highest BCUT2D eigenvalue weighted by Gasteiger charge is 2.28. The van der Waals surface area contributed by atoms with Crippen molar-refractivity contribution in [2.75, 3.05) is 24.6 Å². The molecule has 0 saturated carbocycles. The SMILES string of the molecule is CCOc1ccc(S(=O)(=O)NC2CCN(c3nccs3)C2)cc1. The minimum atomic E-state index is -3.52. The molecule has 1 aliphatic heterocycles. The maximum atomic E-state index is 12.5. The van der Waals surface area contributed by atoms with Crippen molar-refractivity contribution in [3.05, 3.63) is 35.8 Å². The van der Waals surface area contributed by atoms with Crippen molar-refractivity contribution in [2.45, 2.75) is 24.3 Å². The zero-order valence-electron chi connectivity index (χ0n) is 12.8. The molecule has 1 aromatic carbocycles. The number of benzene rings is 1. The van der Waals surface area contributed by atoms with Gasteiger partial charge in [0.15, 0.2) is 5.13 Å². The Kier molecular flexibility index (Phi) is 4.84. The van der Waals surface area contributed by atoms with Gasteiger partial charge in [-0.25, -0.2) is 18.1 Å². The van der Waals surface area contributed by atoms with Crippen LogP contribution in [0.2, 0.25) is 0 Å². The highest BCUT2D eigenvalue weighted by molar-refractivity contribution is 7.89. The van der Waals surface area contributed by atoms with E-state index in [1.165, 1.54) is 0 Å². The van der Waals surface area contributed by atoms with Crippen molar-refractivity contribution >= 4 is 26.5 Å². The molecule has 23 heavy (non-hydrogen) atoms. The molecule has 3 rings (SSSR count). The molecule has 1 fully saturated rings. The third kappa shape index (κ3) is 3.82. The van der Waals surface area contributed by atoms with Crippen LogP contribution in [-0.2, 0) is 10.0 Å². The average molecular weight is 353 g/mol. The van der Waals surface area contributed by atoms with Gasteiger partial charge in [0, 0.05) is 30.7 Å². The molecule has 1 saturated heterocycles. The van der Waals surface area contributed by atoms with E-state index < -0.39 is 10.0 Å². The van der Waals surface area contributed by atoms with E-state index >= 15 is 0 Å². The summed E-state index contributed by atoms with van der Waals surface area (Å²) < 4.78 is 33.1. The van der Waals surface area contributed by atoms with Gasteiger partial charge >= 0.3 is 0 Å². The lowest BCUT2D eigenvalue weighted by Gasteiger charge is -2.16. The van der Waals surface area contributed by atoms with Crippen molar-refractivity contribution in [3.63, 3.8) is 0 Å². The van der Waals surface area contributed by atoms with Gasteiger partial charge in [0.1, 0.15) is 5.75 Å². The van der Waals surface area contributed by atoms with Crippen LogP contribution in [0.1, 0.15) is 13.3 Å². The second-order valence-corrected chi connectivity index (χ2v) is 7.86. The Balaban J connectivity index is 1.64. The first kappa shape index (κ1) is 16.2. The predicted molar refractivity (Wildman–Crippen MR) is 90.7 cm³/mol. The van der Waals surface area contributed by atoms with Gasteiger partial charge in [0.05, 0.1) is 11.5 Å². The first-order chi connectivity index (χ1) is 11.1. The second-order valence-electron chi connectivity index (χ2n) is 5.27. The van der Waals surface area contributed by atoms with Crippen LogP contribution in [0.25, 0.3) is 0 Å². The summed E-state index contributed by atoms with van der Waals surface area (Å²) in [5, 5.41) is 2.86. The van der Waals surface area contributed by atoms with Crippen LogP contribution in [0.5, 0.6) is 5.75 Å². The number of thiazole rings is 1. The Morgan fingerprint density at radius 3 is 2.83 bits per heavy atom. The second kappa shape index (κ2) is 6.86. The molecule has 0 aliphatic carbocycles. The number of aromatic nitrogens is 1. The van der Waals surface area contributed by atoms with Crippen molar-refractivity contribution in [1.82, 2.24) is 9.71 Å². The number of rotatable bonds is 6. The largest absolute Gasteiger partial charge is 0.494 e. The van der Waals surface area contributed by atoms with Crippen LogP contribution in [0.3, 0.4) is 0 Å². The van der Waals surface area contributed by atoms with Crippen molar-refractivity contribution in [2.24, 2.45) is 0 Å². The Morgan fingerprint density at radius 1 is 1.39 bits per heavy atom. The fourth-order valence-corrected chi connectivity index (χ4v) is 4.51. The molecule has 0 bridgehead atoms. The summed E-state index contributed by atoms with van der Waals surface area (Å²) in [6.07, 6.45) is 2.53. The number of anilines is 1. The van der Waals surface area contributed by atoms with E-state index in [1.807, 2.05) is 12.3 Å². The normalized spacial score (nSPS) is 18.3.